The number of benzene rings is 1. The van der Waals surface area contributed by atoms with Crippen molar-refractivity contribution in [3.05, 3.63) is 59.1 Å². The molecule has 0 fully saturated rings. The Labute approximate surface area is 165 Å². The monoisotopic (exact) mass is 397 g/mol. The Balaban J connectivity index is 1.35. The van der Waals surface area contributed by atoms with Crippen LogP contribution in [0.5, 0.6) is 0 Å². The third kappa shape index (κ3) is 4.12. The second-order valence-corrected chi connectivity index (χ2v) is 8.15. The highest BCUT2D eigenvalue weighted by molar-refractivity contribution is 7.99. The van der Waals surface area contributed by atoms with Gasteiger partial charge in [-0.2, -0.15) is 4.98 Å². The summed E-state index contributed by atoms with van der Waals surface area (Å²) in [7, 11) is 0. The summed E-state index contributed by atoms with van der Waals surface area (Å²) >= 11 is 3.30. The number of aryl methyl sites for hydroxylation is 3. The predicted molar refractivity (Wildman–Crippen MR) is 107 cm³/mol. The van der Waals surface area contributed by atoms with Crippen LogP contribution in [0.3, 0.4) is 0 Å². The average molecular weight is 398 g/mol. The maximum atomic E-state index is 5.35. The number of hydrogen-bond donors (Lipinski definition) is 0. The summed E-state index contributed by atoms with van der Waals surface area (Å²) in [6.45, 7) is 4.06. The van der Waals surface area contributed by atoms with Crippen LogP contribution in [0, 0.1) is 13.8 Å². The van der Waals surface area contributed by atoms with E-state index in [-0.39, 0.29) is 0 Å². The van der Waals surface area contributed by atoms with E-state index in [1.165, 1.54) is 5.56 Å². The van der Waals surface area contributed by atoms with E-state index in [2.05, 4.69) is 56.1 Å². The van der Waals surface area contributed by atoms with Gasteiger partial charge in [0.15, 0.2) is 5.16 Å². The minimum absolute atomic E-state index is 0.669. The molecule has 0 aliphatic rings. The summed E-state index contributed by atoms with van der Waals surface area (Å²) in [5.74, 6) is 3.14. The minimum Gasteiger partial charge on any atom is -0.339 e. The molecule has 0 spiro atoms. The molecule has 0 saturated heterocycles. The maximum Gasteiger partial charge on any atom is 0.227 e. The molecule has 138 valence electrons. The second kappa shape index (κ2) is 8.06. The van der Waals surface area contributed by atoms with Gasteiger partial charge in [-0.25, -0.2) is 0 Å². The normalized spacial score (nSPS) is 11.2. The Morgan fingerprint density at radius 1 is 1.11 bits per heavy atom. The van der Waals surface area contributed by atoms with E-state index in [4.69, 9.17) is 4.52 Å². The van der Waals surface area contributed by atoms with Gasteiger partial charge in [0.2, 0.25) is 11.7 Å². The molecule has 8 heteroatoms. The van der Waals surface area contributed by atoms with Crippen molar-refractivity contribution in [2.75, 3.05) is 5.75 Å². The lowest BCUT2D eigenvalue weighted by molar-refractivity contribution is 0.378. The van der Waals surface area contributed by atoms with Crippen LogP contribution in [0.4, 0.5) is 0 Å². The summed E-state index contributed by atoms with van der Waals surface area (Å²) in [5, 5.41) is 15.5. The van der Waals surface area contributed by atoms with Gasteiger partial charge in [-0.05, 0) is 43.8 Å². The van der Waals surface area contributed by atoms with Crippen molar-refractivity contribution in [1.82, 2.24) is 24.9 Å². The number of rotatable bonds is 7. The van der Waals surface area contributed by atoms with Crippen molar-refractivity contribution in [3.8, 4) is 16.4 Å². The van der Waals surface area contributed by atoms with Gasteiger partial charge in [-0.15, -0.1) is 21.5 Å². The predicted octanol–water partition coefficient (Wildman–Crippen LogP) is 4.72. The molecule has 4 aromatic rings. The highest BCUT2D eigenvalue weighted by atomic mass is 32.2. The van der Waals surface area contributed by atoms with Crippen LogP contribution in [0.15, 0.2) is 51.5 Å². The van der Waals surface area contributed by atoms with Crippen LogP contribution < -0.4 is 0 Å². The lowest BCUT2D eigenvalue weighted by Gasteiger charge is -2.08. The van der Waals surface area contributed by atoms with E-state index in [1.807, 2.05) is 24.4 Å². The molecule has 0 aliphatic heterocycles. The fraction of sp³-hybridized carbons (Fsp3) is 0.263. The van der Waals surface area contributed by atoms with Crippen LogP contribution in [-0.4, -0.2) is 30.7 Å². The molecular weight excluding hydrogens is 378 g/mol. The van der Waals surface area contributed by atoms with Crippen LogP contribution in [0.2, 0.25) is 0 Å². The van der Waals surface area contributed by atoms with E-state index >= 15 is 0 Å². The molecule has 0 saturated carbocycles. The van der Waals surface area contributed by atoms with Gasteiger partial charge in [0.05, 0.1) is 4.88 Å². The molecule has 1 aromatic carbocycles. The SMILES string of the molecule is Cc1ccc(-n2c(C)nnc2SCCCc2nc(-c3cccs3)no2)cc1. The molecule has 4 rings (SSSR count). The third-order valence-electron chi connectivity index (χ3n) is 4.06. The molecule has 6 nitrogen and oxygen atoms in total. The Hall–Kier alpha value is -2.45. The van der Waals surface area contributed by atoms with Gasteiger partial charge < -0.3 is 4.52 Å². The van der Waals surface area contributed by atoms with E-state index in [0.29, 0.717) is 11.7 Å². The first-order chi connectivity index (χ1) is 13.2. The van der Waals surface area contributed by atoms with Crippen molar-refractivity contribution in [2.45, 2.75) is 31.8 Å². The lowest BCUT2D eigenvalue weighted by Crippen LogP contribution is -1.99. The molecule has 0 radical (unpaired) electrons. The Morgan fingerprint density at radius 3 is 2.74 bits per heavy atom. The van der Waals surface area contributed by atoms with E-state index in [1.54, 1.807) is 23.1 Å². The zero-order valence-corrected chi connectivity index (χ0v) is 16.8. The summed E-state index contributed by atoms with van der Waals surface area (Å²) in [5.41, 5.74) is 2.32. The first kappa shape index (κ1) is 17.9. The summed E-state index contributed by atoms with van der Waals surface area (Å²) in [6, 6.07) is 12.4. The third-order valence-corrected chi connectivity index (χ3v) is 5.94. The van der Waals surface area contributed by atoms with Crippen molar-refractivity contribution >= 4 is 23.1 Å². The first-order valence-corrected chi connectivity index (χ1v) is 10.6. The highest BCUT2D eigenvalue weighted by Gasteiger charge is 2.12. The number of thioether (sulfide) groups is 1. The molecule has 0 atom stereocenters. The Bertz CT molecular complexity index is 1010. The van der Waals surface area contributed by atoms with Crippen LogP contribution in [-0.2, 0) is 6.42 Å². The summed E-state index contributed by atoms with van der Waals surface area (Å²) < 4.78 is 7.44. The maximum absolute atomic E-state index is 5.35. The smallest absolute Gasteiger partial charge is 0.227 e. The molecular formula is C19H19N5OS2. The van der Waals surface area contributed by atoms with E-state index in [0.717, 1.165) is 40.1 Å². The van der Waals surface area contributed by atoms with Gasteiger partial charge in [-0.3, -0.25) is 4.57 Å². The van der Waals surface area contributed by atoms with Crippen LogP contribution >= 0.6 is 23.1 Å². The van der Waals surface area contributed by atoms with Crippen molar-refractivity contribution < 1.29 is 4.52 Å². The fourth-order valence-electron chi connectivity index (χ4n) is 2.68. The van der Waals surface area contributed by atoms with Gasteiger partial charge >= 0.3 is 0 Å². The van der Waals surface area contributed by atoms with Gasteiger partial charge in [-0.1, -0.05) is 40.7 Å². The van der Waals surface area contributed by atoms with Crippen molar-refractivity contribution in [1.29, 1.82) is 0 Å². The molecule has 27 heavy (non-hydrogen) atoms. The van der Waals surface area contributed by atoms with E-state index in [9.17, 15) is 0 Å². The van der Waals surface area contributed by atoms with Gasteiger partial charge in [0.1, 0.15) is 5.82 Å². The Morgan fingerprint density at radius 2 is 1.96 bits per heavy atom. The quantitative estimate of drug-likeness (QED) is 0.332. The standard InChI is InChI=1S/C19H19N5OS2/c1-13-7-9-15(10-8-13)24-14(2)21-22-19(24)27-12-4-6-17-20-18(23-25-17)16-5-3-11-26-16/h3,5,7-11H,4,6,12H2,1-2H3. The first-order valence-electron chi connectivity index (χ1n) is 8.69. The number of thiophene rings is 1. The fourth-order valence-corrected chi connectivity index (χ4v) is 4.26. The zero-order chi connectivity index (χ0) is 18.6. The minimum atomic E-state index is 0.669. The lowest BCUT2D eigenvalue weighted by atomic mass is 10.2. The zero-order valence-electron chi connectivity index (χ0n) is 15.1. The summed E-state index contributed by atoms with van der Waals surface area (Å²) in [6.07, 6.45) is 1.68. The molecule has 0 aliphatic carbocycles. The second-order valence-electron chi connectivity index (χ2n) is 6.14. The number of nitrogens with zero attached hydrogens (tertiary/aromatic N) is 5. The number of hydrogen-bond acceptors (Lipinski definition) is 7. The van der Waals surface area contributed by atoms with Crippen LogP contribution in [0.1, 0.15) is 23.7 Å². The largest absolute Gasteiger partial charge is 0.339 e. The molecule has 0 bridgehead atoms. The molecule has 3 heterocycles. The Kier molecular flexibility index (Phi) is 5.35. The van der Waals surface area contributed by atoms with Gasteiger partial charge in [0.25, 0.3) is 0 Å². The van der Waals surface area contributed by atoms with Gasteiger partial charge in [0, 0.05) is 17.9 Å². The molecule has 0 N–H and O–H groups in total. The highest BCUT2D eigenvalue weighted by Crippen LogP contribution is 2.24. The topological polar surface area (TPSA) is 69.6 Å². The molecule has 0 unspecified atom stereocenters. The van der Waals surface area contributed by atoms with Crippen molar-refractivity contribution in [2.24, 2.45) is 0 Å². The average Bonchev–Trinajstić information content (AvgIpc) is 3.41. The molecule has 3 aromatic heterocycles. The van der Waals surface area contributed by atoms with Crippen LogP contribution in [0.25, 0.3) is 16.4 Å². The van der Waals surface area contributed by atoms with E-state index < -0.39 is 0 Å². The van der Waals surface area contributed by atoms with Crippen molar-refractivity contribution in [3.63, 3.8) is 0 Å². The molecule has 0 amide bonds. The summed E-state index contributed by atoms with van der Waals surface area (Å²) in [4.78, 5) is 5.49. The number of aromatic nitrogens is 5.